The fraction of sp³-hybridized carbons (Fsp3) is 0.784. The van der Waals surface area contributed by atoms with Crippen LogP contribution in [0.4, 0.5) is 5.82 Å². The van der Waals surface area contributed by atoms with E-state index in [1.807, 2.05) is 0 Å². The van der Waals surface area contributed by atoms with Crippen LogP contribution in [0.15, 0.2) is 16.4 Å². The van der Waals surface area contributed by atoms with Gasteiger partial charge in [-0.3, -0.25) is 15.0 Å². The maximum absolute atomic E-state index is 13.0. The molecule has 0 aliphatic heterocycles. The van der Waals surface area contributed by atoms with Crippen LogP contribution >= 0.6 is 0 Å². The lowest BCUT2D eigenvalue weighted by molar-refractivity contribution is -0.153. The third-order valence-corrected chi connectivity index (χ3v) is 14.8. The van der Waals surface area contributed by atoms with Gasteiger partial charge in [-0.25, -0.2) is 0 Å². The van der Waals surface area contributed by atoms with E-state index in [1.54, 1.807) is 5.57 Å². The summed E-state index contributed by atoms with van der Waals surface area (Å²) in [5, 5.41) is 14.3. The molecule has 0 saturated heterocycles. The first-order chi connectivity index (χ1) is 20.5. The Labute approximate surface area is 264 Å². The van der Waals surface area contributed by atoms with E-state index in [1.165, 1.54) is 55.5 Å². The second-order valence-corrected chi connectivity index (χ2v) is 18.2. The van der Waals surface area contributed by atoms with Crippen LogP contribution in [0.3, 0.4) is 0 Å². The summed E-state index contributed by atoms with van der Waals surface area (Å²) < 4.78 is 0. The number of anilines is 1. The Morgan fingerprint density at radius 3 is 2.43 bits per heavy atom. The van der Waals surface area contributed by atoms with E-state index in [0.29, 0.717) is 35.4 Å². The van der Waals surface area contributed by atoms with Crippen molar-refractivity contribution in [3.05, 3.63) is 44.5 Å². The van der Waals surface area contributed by atoms with Gasteiger partial charge in [-0.1, -0.05) is 60.1 Å². The van der Waals surface area contributed by atoms with Crippen molar-refractivity contribution in [3.8, 4) is 0 Å². The quantitative estimate of drug-likeness (QED) is 0.284. The molecule has 0 aromatic carbocycles. The van der Waals surface area contributed by atoms with E-state index in [9.17, 15) is 4.79 Å². The lowest BCUT2D eigenvalue weighted by Crippen LogP contribution is -2.63. The first-order valence-electron chi connectivity index (χ1n) is 17.5. The van der Waals surface area contributed by atoms with Gasteiger partial charge in [0.2, 0.25) is 0 Å². The molecule has 8 atom stereocenters. The minimum absolute atomic E-state index is 0.0369. The number of aromatic amines is 3. The van der Waals surface area contributed by atoms with E-state index in [4.69, 9.17) is 5.73 Å². The molecule has 44 heavy (non-hydrogen) atoms. The van der Waals surface area contributed by atoms with E-state index in [-0.39, 0.29) is 32.6 Å². The summed E-state index contributed by atoms with van der Waals surface area (Å²) in [4.78, 5) is 15.2. The van der Waals surface area contributed by atoms with Crippen LogP contribution in [-0.2, 0) is 18.3 Å². The molecule has 2 aromatic heterocycles. The molecular formula is C37H58N6O. The zero-order chi connectivity index (χ0) is 31.6. The van der Waals surface area contributed by atoms with Crippen molar-refractivity contribution >= 4 is 5.82 Å². The molecule has 0 amide bonds. The Bertz CT molecular complexity index is 1540. The van der Waals surface area contributed by atoms with Gasteiger partial charge in [0, 0.05) is 40.4 Å². The molecule has 0 radical (unpaired) electrons. The second-order valence-electron chi connectivity index (χ2n) is 18.2. The third-order valence-electron chi connectivity index (χ3n) is 14.8. The minimum Gasteiger partial charge on any atom is -0.382 e. The summed E-state index contributed by atoms with van der Waals surface area (Å²) in [6, 6.07) is 0. The van der Waals surface area contributed by atoms with Crippen molar-refractivity contribution in [2.45, 2.75) is 118 Å². The molecule has 7 rings (SSSR count). The number of nitrogen functional groups attached to an aromatic ring is 1. The average molecular weight is 603 g/mol. The molecule has 0 bridgehead atoms. The van der Waals surface area contributed by atoms with Crippen LogP contribution in [0.1, 0.15) is 122 Å². The molecule has 7 heteroatoms. The summed E-state index contributed by atoms with van der Waals surface area (Å²) in [5.41, 5.74) is 14.0. The first kappa shape index (κ1) is 30.4. The minimum atomic E-state index is 0.0369. The standard InChI is InChI=1S/C37H58N6O/c1-33(2)18-23-21(24(19-33)29-22(14-17-43(8)9)32(44)42-39-29)12-15-36(6)26(23)10-11-28-35(5)20-25-30(40-41-31(25)38)34(3,4)27(35)13-16-37(28,36)7/h10,21,23-24,27-28H,11-20H2,1-9H3,(H3,38,40,41)(H2,39,42,44)/t21-,23?,24+,27?,28?,35-,36+,37+/m0/s1. The highest BCUT2D eigenvalue weighted by atomic mass is 16.1. The van der Waals surface area contributed by atoms with Gasteiger partial charge in [0.15, 0.2) is 0 Å². The highest BCUT2D eigenvalue weighted by Gasteiger charge is 2.67. The summed E-state index contributed by atoms with van der Waals surface area (Å²) in [5.74, 6) is 3.49. The zero-order valence-electron chi connectivity index (χ0n) is 28.9. The number of fused-ring (bicyclic) bond motifs is 8. The van der Waals surface area contributed by atoms with E-state index in [0.717, 1.165) is 31.4 Å². The monoisotopic (exact) mass is 602 g/mol. The average Bonchev–Trinajstić information content (AvgIpc) is 3.48. The number of nitrogens with one attached hydrogen (secondary N) is 3. The predicted octanol–water partition coefficient (Wildman–Crippen LogP) is 6.95. The number of nitrogens with two attached hydrogens (primary N) is 1. The van der Waals surface area contributed by atoms with Crippen molar-refractivity contribution in [2.75, 3.05) is 26.4 Å². The number of hydrogen-bond acceptors (Lipinski definition) is 4. The molecular weight excluding hydrogens is 544 g/mol. The molecule has 7 nitrogen and oxygen atoms in total. The Morgan fingerprint density at radius 2 is 1.70 bits per heavy atom. The largest absolute Gasteiger partial charge is 0.382 e. The van der Waals surface area contributed by atoms with Crippen molar-refractivity contribution in [3.63, 3.8) is 0 Å². The van der Waals surface area contributed by atoms with Crippen molar-refractivity contribution in [1.29, 1.82) is 0 Å². The molecule has 2 heterocycles. The van der Waals surface area contributed by atoms with Crippen LogP contribution in [0.5, 0.6) is 0 Å². The molecule has 0 spiro atoms. The van der Waals surface area contributed by atoms with E-state index >= 15 is 0 Å². The number of allylic oxidation sites excluding steroid dienone is 2. The number of rotatable bonds is 4. The van der Waals surface area contributed by atoms with Gasteiger partial charge in [0.1, 0.15) is 5.82 Å². The summed E-state index contributed by atoms with van der Waals surface area (Å²) in [6.45, 7) is 18.7. The van der Waals surface area contributed by atoms with Crippen LogP contribution in [0.2, 0.25) is 0 Å². The molecule has 5 aliphatic carbocycles. The van der Waals surface area contributed by atoms with Crippen molar-refractivity contribution < 1.29 is 0 Å². The summed E-state index contributed by atoms with van der Waals surface area (Å²) >= 11 is 0. The van der Waals surface area contributed by atoms with E-state index in [2.05, 4.69) is 93.9 Å². The van der Waals surface area contributed by atoms with Crippen molar-refractivity contribution in [1.82, 2.24) is 25.3 Å². The van der Waals surface area contributed by atoms with Gasteiger partial charge in [0.25, 0.3) is 5.56 Å². The number of aromatic nitrogens is 4. The number of likely N-dealkylation sites (N-methyl/N-ethyl adjacent to an activating group) is 1. The number of hydrogen-bond donors (Lipinski definition) is 4. The van der Waals surface area contributed by atoms with Crippen LogP contribution in [-0.4, -0.2) is 45.9 Å². The zero-order valence-corrected chi connectivity index (χ0v) is 28.9. The molecule has 5 N–H and O–H groups in total. The molecule has 242 valence electrons. The first-order valence-corrected chi connectivity index (χ1v) is 17.5. The third kappa shape index (κ3) is 4.02. The Kier molecular flexibility index (Phi) is 6.64. The molecule has 3 unspecified atom stereocenters. The number of H-pyrrole nitrogens is 3. The van der Waals surface area contributed by atoms with Gasteiger partial charge < -0.3 is 15.7 Å². The fourth-order valence-corrected chi connectivity index (χ4v) is 12.6. The summed E-state index contributed by atoms with van der Waals surface area (Å²) in [7, 11) is 4.19. The van der Waals surface area contributed by atoms with Crippen molar-refractivity contribution in [2.24, 2.45) is 45.3 Å². The van der Waals surface area contributed by atoms with Gasteiger partial charge in [-0.05, 0) is 117 Å². The Morgan fingerprint density at radius 1 is 0.977 bits per heavy atom. The second kappa shape index (κ2) is 9.62. The van der Waals surface area contributed by atoms with Gasteiger partial charge in [-0.2, -0.15) is 5.10 Å². The van der Waals surface area contributed by atoms with Crippen LogP contribution < -0.4 is 11.3 Å². The maximum atomic E-state index is 13.0. The number of nitrogens with zero attached hydrogens (tertiary/aromatic N) is 2. The lowest BCUT2D eigenvalue weighted by Gasteiger charge is -2.70. The lowest BCUT2D eigenvalue weighted by atomic mass is 9.34. The fourth-order valence-electron chi connectivity index (χ4n) is 12.6. The van der Waals surface area contributed by atoms with Crippen LogP contribution in [0.25, 0.3) is 0 Å². The van der Waals surface area contributed by atoms with E-state index < -0.39 is 0 Å². The highest BCUT2D eigenvalue weighted by molar-refractivity contribution is 5.49. The van der Waals surface area contributed by atoms with Gasteiger partial charge in [0.05, 0.1) is 0 Å². The smallest absolute Gasteiger partial charge is 0.267 e. The highest BCUT2D eigenvalue weighted by Crippen LogP contribution is 2.74. The molecule has 3 fully saturated rings. The molecule has 2 aromatic rings. The normalized spacial score (nSPS) is 40.3. The summed E-state index contributed by atoms with van der Waals surface area (Å²) in [6.07, 6.45) is 13.2. The molecule has 5 aliphatic rings. The Hall–Kier alpha value is -2.28. The topological polar surface area (TPSA) is 107 Å². The van der Waals surface area contributed by atoms with Gasteiger partial charge >= 0.3 is 0 Å². The SMILES string of the molecule is CN(C)CCc1c([C@@H]2CC(C)(C)CC3C4=CCC5[C@@]6(C)Cc7c(N)n[nH]c7C(C)(C)C6CC[C@@]5(C)[C@]4(C)CC[C@@H]32)[nH][nH]c1=O. The van der Waals surface area contributed by atoms with Gasteiger partial charge in [-0.15, -0.1) is 0 Å². The predicted molar refractivity (Wildman–Crippen MR) is 179 cm³/mol. The molecule has 3 saturated carbocycles. The maximum Gasteiger partial charge on any atom is 0.267 e. The Balaban J connectivity index is 1.27. The van der Waals surface area contributed by atoms with Crippen LogP contribution in [0, 0.1) is 45.3 Å².